The largest absolute Gasteiger partial charge is 0.349 e. The summed E-state index contributed by atoms with van der Waals surface area (Å²) in [4.78, 5) is 12.0. The van der Waals surface area contributed by atoms with E-state index in [1.807, 2.05) is 11.8 Å². The number of hydrogen-bond donors (Lipinski definition) is 2. The number of halogens is 1. The average Bonchev–Trinajstić information content (AvgIpc) is 2.30. The van der Waals surface area contributed by atoms with Crippen LogP contribution in [0, 0.1) is 5.82 Å². The van der Waals surface area contributed by atoms with Crippen LogP contribution in [0.25, 0.3) is 0 Å². The molecule has 1 fully saturated rings. The van der Waals surface area contributed by atoms with Crippen LogP contribution in [0.4, 0.5) is 16.2 Å². The highest BCUT2D eigenvalue weighted by Gasteiger charge is 2.25. The average molecular weight is 240 g/mol. The number of hydrogen-bond acceptors (Lipinski definition) is 6. The van der Waals surface area contributed by atoms with Gasteiger partial charge in [-0.15, -0.1) is 0 Å². The molecule has 0 spiro atoms. The van der Waals surface area contributed by atoms with Gasteiger partial charge in [0, 0.05) is 25.7 Å². The molecule has 6 nitrogen and oxygen atoms in total. The SMILES string of the molecule is CC1CN(C)CCN1c1nc(NN)ncc1F. The summed E-state index contributed by atoms with van der Waals surface area (Å²) in [6.45, 7) is 4.57. The van der Waals surface area contributed by atoms with Gasteiger partial charge in [-0.1, -0.05) is 0 Å². The highest BCUT2D eigenvalue weighted by Crippen LogP contribution is 2.21. The predicted octanol–water partition coefficient (Wildman–Crippen LogP) is 0.0416. The molecule has 94 valence electrons. The van der Waals surface area contributed by atoms with E-state index in [1.54, 1.807) is 0 Å². The third kappa shape index (κ3) is 2.45. The summed E-state index contributed by atoms with van der Waals surface area (Å²) in [5.41, 5.74) is 2.33. The number of nitrogen functional groups attached to an aromatic ring is 1. The second kappa shape index (κ2) is 4.80. The topological polar surface area (TPSA) is 70.3 Å². The number of piperazine rings is 1. The molecule has 2 rings (SSSR count). The first-order chi connectivity index (χ1) is 8.11. The second-order valence-electron chi connectivity index (χ2n) is 4.31. The van der Waals surface area contributed by atoms with Crippen LogP contribution >= 0.6 is 0 Å². The van der Waals surface area contributed by atoms with E-state index in [-0.39, 0.29) is 12.0 Å². The molecular formula is C10H17FN6. The molecule has 3 N–H and O–H groups in total. The molecule has 0 amide bonds. The molecule has 1 aromatic rings. The molecule has 7 heteroatoms. The van der Waals surface area contributed by atoms with Crippen molar-refractivity contribution in [1.29, 1.82) is 0 Å². The maximum atomic E-state index is 13.7. The number of nitrogens with one attached hydrogen (secondary N) is 1. The number of hydrazine groups is 1. The van der Waals surface area contributed by atoms with Crippen molar-refractivity contribution in [3.8, 4) is 0 Å². The Morgan fingerprint density at radius 2 is 2.29 bits per heavy atom. The van der Waals surface area contributed by atoms with Gasteiger partial charge in [-0.2, -0.15) is 4.98 Å². The lowest BCUT2D eigenvalue weighted by molar-refractivity contribution is 0.273. The van der Waals surface area contributed by atoms with Crippen LogP contribution in [0.3, 0.4) is 0 Å². The Kier molecular flexibility index (Phi) is 3.39. The van der Waals surface area contributed by atoms with E-state index >= 15 is 0 Å². The maximum absolute atomic E-state index is 13.7. The van der Waals surface area contributed by atoms with E-state index in [1.165, 1.54) is 0 Å². The minimum absolute atomic E-state index is 0.212. The molecule has 0 aliphatic carbocycles. The zero-order chi connectivity index (χ0) is 12.4. The fourth-order valence-electron chi connectivity index (χ4n) is 2.08. The smallest absolute Gasteiger partial charge is 0.239 e. The van der Waals surface area contributed by atoms with Crippen molar-refractivity contribution in [2.24, 2.45) is 5.84 Å². The third-order valence-corrected chi connectivity index (χ3v) is 2.96. The normalized spacial score (nSPS) is 21.6. The fraction of sp³-hybridized carbons (Fsp3) is 0.600. The molecule has 0 aromatic carbocycles. The Hall–Kier alpha value is -1.47. The van der Waals surface area contributed by atoms with E-state index in [4.69, 9.17) is 5.84 Å². The van der Waals surface area contributed by atoms with Crippen molar-refractivity contribution in [3.05, 3.63) is 12.0 Å². The van der Waals surface area contributed by atoms with E-state index < -0.39 is 5.82 Å². The zero-order valence-electron chi connectivity index (χ0n) is 10.0. The Morgan fingerprint density at radius 1 is 1.53 bits per heavy atom. The van der Waals surface area contributed by atoms with Gasteiger partial charge >= 0.3 is 0 Å². The van der Waals surface area contributed by atoms with Gasteiger partial charge in [0.2, 0.25) is 5.95 Å². The van der Waals surface area contributed by atoms with Crippen LogP contribution in [-0.2, 0) is 0 Å². The number of likely N-dealkylation sites (N-methyl/N-ethyl adjacent to an activating group) is 1. The first-order valence-corrected chi connectivity index (χ1v) is 5.56. The molecule has 1 aliphatic rings. The van der Waals surface area contributed by atoms with Crippen molar-refractivity contribution >= 4 is 11.8 Å². The summed E-state index contributed by atoms with van der Waals surface area (Å²) in [6.07, 6.45) is 1.14. The van der Waals surface area contributed by atoms with Crippen LogP contribution in [0.5, 0.6) is 0 Å². The first-order valence-electron chi connectivity index (χ1n) is 5.56. The molecule has 1 atom stereocenters. The first kappa shape index (κ1) is 12.0. The molecule has 17 heavy (non-hydrogen) atoms. The Bertz CT molecular complexity index is 398. The van der Waals surface area contributed by atoms with Gasteiger partial charge in [0.1, 0.15) is 0 Å². The van der Waals surface area contributed by atoms with Crippen molar-refractivity contribution in [1.82, 2.24) is 14.9 Å². The highest BCUT2D eigenvalue weighted by molar-refractivity contribution is 5.45. The molecule has 1 aliphatic heterocycles. The summed E-state index contributed by atoms with van der Waals surface area (Å²) >= 11 is 0. The van der Waals surface area contributed by atoms with E-state index in [9.17, 15) is 4.39 Å². The van der Waals surface area contributed by atoms with Gasteiger partial charge in [0.05, 0.1) is 6.20 Å². The van der Waals surface area contributed by atoms with Crippen molar-refractivity contribution in [2.75, 3.05) is 37.0 Å². The van der Waals surface area contributed by atoms with Gasteiger partial charge in [-0.25, -0.2) is 15.2 Å². The zero-order valence-corrected chi connectivity index (χ0v) is 10.0. The number of nitrogens with zero attached hydrogens (tertiary/aromatic N) is 4. The van der Waals surface area contributed by atoms with Gasteiger partial charge in [-0.05, 0) is 14.0 Å². The van der Waals surface area contributed by atoms with Gasteiger partial charge < -0.3 is 9.80 Å². The third-order valence-electron chi connectivity index (χ3n) is 2.96. The standard InChI is InChI=1S/C10H17FN6/c1-7-6-16(2)3-4-17(7)9-8(11)5-13-10(14-9)15-12/h5,7H,3-4,6,12H2,1-2H3,(H,13,14,15). The number of nitrogens with two attached hydrogens (primary N) is 1. The van der Waals surface area contributed by atoms with Crippen molar-refractivity contribution in [2.45, 2.75) is 13.0 Å². The van der Waals surface area contributed by atoms with Crippen molar-refractivity contribution < 1.29 is 4.39 Å². The summed E-state index contributed by atoms with van der Waals surface area (Å²) in [7, 11) is 2.05. The lowest BCUT2D eigenvalue weighted by atomic mass is 10.2. The lowest BCUT2D eigenvalue weighted by Gasteiger charge is -2.39. The van der Waals surface area contributed by atoms with E-state index in [0.717, 1.165) is 25.8 Å². The van der Waals surface area contributed by atoms with Crippen LogP contribution in [0.1, 0.15) is 6.92 Å². The quantitative estimate of drug-likeness (QED) is 0.562. The van der Waals surface area contributed by atoms with Gasteiger partial charge in [-0.3, -0.25) is 5.43 Å². The lowest BCUT2D eigenvalue weighted by Crippen LogP contribution is -2.51. The number of anilines is 2. The number of rotatable bonds is 2. The molecule has 1 aromatic heterocycles. The van der Waals surface area contributed by atoms with E-state index in [0.29, 0.717) is 5.82 Å². The summed E-state index contributed by atoms with van der Waals surface area (Å²) in [6, 6.07) is 0.212. The van der Waals surface area contributed by atoms with Crippen LogP contribution < -0.4 is 16.2 Å². The Balaban J connectivity index is 2.26. The second-order valence-corrected chi connectivity index (χ2v) is 4.31. The van der Waals surface area contributed by atoms with Crippen LogP contribution in [0.15, 0.2) is 6.20 Å². The van der Waals surface area contributed by atoms with Gasteiger partial charge in [0.15, 0.2) is 11.6 Å². The molecular weight excluding hydrogens is 223 g/mol. The van der Waals surface area contributed by atoms with Gasteiger partial charge in [0.25, 0.3) is 0 Å². The molecule has 0 bridgehead atoms. The van der Waals surface area contributed by atoms with Crippen LogP contribution in [-0.4, -0.2) is 47.6 Å². The molecule has 0 radical (unpaired) electrons. The minimum Gasteiger partial charge on any atom is -0.349 e. The predicted molar refractivity (Wildman–Crippen MR) is 64.1 cm³/mol. The highest BCUT2D eigenvalue weighted by atomic mass is 19.1. The summed E-state index contributed by atoms with van der Waals surface area (Å²) in [5.74, 6) is 5.36. The van der Waals surface area contributed by atoms with Crippen molar-refractivity contribution in [3.63, 3.8) is 0 Å². The summed E-state index contributed by atoms with van der Waals surface area (Å²) < 4.78 is 13.7. The van der Waals surface area contributed by atoms with E-state index in [2.05, 4.69) is 27.3 Å². The summed E-state index contributed by atoms with van der Waals surface area (Å²) in [5, 5.41) is 0. The monoisotopic (exact) mass is 240 g/mol. The van der Waals surface area contributed by atoms with Crippen LogP contribution in [0.2, 0.25) is 0 Å². The molecule has 1 unspecified atom stereocenters. The molecule has 1 saturated heterocycles. The fourth-order valence-corrected chi connectivity index (χ4v) is 2.08. The molecule has 2 heterocycles. The Morgan fingerprint density at radius 3 is 2.94 bits per heavy atom. The minimum atomic E-state index is -0.416. The Labute approximate surface area is 99.6 Å². The number of aromatic nitrogens is 2. The molecule has 0 saturated carbocycles. The maximum Gasteiger partial charge on any atom is 0.239 e.